The lowest BCUT2D eigenvalue weighted by molar-refractivity contribution is -0.136. The lowest BCUT2D eigenvalue weighted by atomic mass is 10.2. The zero-order valence-corrected chi connectivity index (χ0v) is 19.9. The van der Waals surface area contributed by atoms with Crippen LogP contribution in [0.2, 0.25) is 5.02 Å². The molecule has 0 unspecified atom stereocenters. The van der Waals surface area contributed by atoms with Gasteiger partial charge in [0, 0.05) is 34.1 Å². The number of nitrogens with zero attached hydrogens (tertiary/aromatic N) is 3. The molecule has 10 heteroatoms. The minimum Gasteiger partial charge on any atom is -0.497 e. The number of ether oxygens (including phenoxy) is 1. The Morgan fingerprint density at radius 2 is 1.88 bits per heavy atom. The van der Waals surface area contributed by atoms with Gasteiger partial charge in [-0.25, -0.2) is 4.52 Å². The second-order valence-electron chi connectivity index (χ2n) is 7.34. The largest absolute Gasteiger partial charge is 0.497 e. The van der Waals surface area contributed by atoms with Crippen molar-refractivity contribution in [3.63, 3.8) is 0 Å². The third-order valence-corrected chi connectivity index (χ3v) is 6.82. The fourth-order valence-corrected chi connectivity index (χ4v) is 4.50. The van der Waals surface area contributed by atoms with Crippen molar-refractivity contribution in [2.75, 3.05) is 19.0 Å². The average molecular weight is 484 g/mol. The lowest BCUT2D eigenvalue weighted by Crippen LogP contribution is -2.36. The van der Waals surface area contributed by atoms with E-state index in [2.05, 4.69) is 20.7 Å². The molecule has 33 heavy (non-hydrogen) atoms. The van der Waals surface area contributed by atoms with Crippen LogP contribution in [0, 0.1) is 13.8 Å². The minimum absolute atomic E-state index is 0.316. The van der Waals surface area contributed by atoms with Crippen LogP contribution in [0.5, 0.6) is 5.75 Å². The Bertz CT molecular complexity index is 1330. The predicted octanol–water partition coefficient (Wildman–Crippen LogP) is 4.03. The van der Waals surface area contributed by atoms with Gasteiger partial charge >= 0.3 is 11.8 Å². The molecule has 2 amide bonds. The summed E-state index contributed by atoms with van der Waals surface area (Å²) in [5.41, 5.74) is 3.08. The van der Waals surface area contributed by atoms with Crippen molar-refractivity contribution in [3.05, 3.63) is 63.6 Å². The number of aryl methyl sites for hydroxylation is 1. The number of carbonyl (C=O) groups is 2. The van der Waals surface area contributed by atoms with E-state index in [1.807, 2.05) is 31.2 Å². The average Bonchev–Trinajstić information content (AvgIpc) is 3.36. The van der Waals surface area contributed by atoms with E-state index in [4.69, 9.17) is 16.3 Å². The molecular formula is C23H22ClN5O3S. The molecule has 0 saturated heterocycles. The number of fused-ring (bicyclic) bond motifs is 1. The Morgan fingerprint density at radius 3 is 2.58 bits per heavy atom. The summed E-state index contributed by atoms with van der Waals surface area (Å²) in [6.45, 7) is 4.05. The van der Waals surface area contributed by atoms with Crippen molar-refractivity contribution in [2.45, 2.75) is 20.3 Å². The summed E-state index contributed by atoms with van der Waals surface area (Å²) in [6, 6.07) is 12.7. The van der Waals surface area contributed by atoms with Crippen molar-refractivity contribution in [2.24, 2.45) is 0 Å². The highest BCUT2D eigenvalue weighted by molar-refractivity contribution is 7.17. The first-order valence-electron chi connectivity index (χ1n) is 10.2. The molecule has 170 valence electrons. The number of methoxy groups -OCH3 is 1. The highest BCUT2D eigenvalue weighted by Crippen LogP contribution is 2.26. The van der Waals surface area contributed by atoms with E-state index in [0.29, 0.717) is 35.1 Å². The monoisotopic (exact) mass is 483 g/mol. The molecule has 0 fully saturated rings. The summed E-state index contributed by atoms with van der Waals surface area (Å²) in [4.78, 5) is 30.8. The van der Waals surface area contributed by atoms with Crippen LogP contribution in [-0.2, 0) is 16.0 Å². The molecule has 0 aliphatic rings. The van der Waals surface area contributed by atoms with E-state index in [1.165, 1.54) is 11.3 Å². The predicted molar refractivity (Wildman–Crippen MR) is 129 cm³/mol. The van der Waals surface area contributed by atoms with Gasteiger partial charge in [-0.3, -0.25) is 9.59 Å². The van der Waals surface area contributed by atoms with E-state index in [9.17, 15) is 9.59 Å². The third kappa shape index (κ3) is 4.84. The number of rotatable bonds is 6. The van der Waals surface area contributed by atoms with Gasteiger partial charge in [0.15, 0.2) is 5.82 Å². The van der Waals surface area contributed by atoms with Gasteiger partial charge in [0.05, 0.1) is 12.8 Å². The summed E-state index contributed by atoms with van der Waals surface area (Å²) < 4.78 is 6.99. The first kappa shape index (κ1) is 22.8. The van der Waals surface area contributed by atoms with Gasteiger partial charge in [-0.05, 0) is 55.8 Å². The van der Waals surface area contributed by atoms with Gasteiger partial charge in [-0.15, -0.1) is 5.10 Å². The Morgan fingerprint density at radius 1 is 1.12 bits per heavy atom. The number of anilines is 1. The van der Waals surface area contributed by atoms with E-state index in [0.717, 1.165) is 26.8 Å². The first-order chi connectivity index (χ1) is 15.9. The van der Waals surface area contributed by atoms with Gasteiger partial charge in [0.25, 0.3) is 0 Å². The molecule has 2 aromatic heterocycles. The molecule has 2 N–H and O–H groups in total. The van der Waals surface area contributed by atoms with Crippen LogP contribution in [0.3, 0.4) is 0 Å². The molecule has 0 aliphatic carbocycles. The highest BCUT2D eigenvalue weighted by Gasteiger charge is 2.17. The molecule has 0 radical (unpaired) electrons. The van der Waals surface area contributed by atoms with Gasteiger partial charge in [0.1, 0.15) is 5.75 Å². The number of thiazole rings is 1. The molecule has 2 heterocycles. The fourth-order valence-electron chi connectivity index (χ4n) is 3.27. The fraction of sp³-hybridized carbons (Fsp3) is 0.217. The molecule has 4 rings (SSSR count). The molecule has 0 bridgehead atoms. The number of hydrogen-bond acceptors (Lipinski definition) is 6. The maximum Gasteiger partial charge on any atom is 0.313 e. The van der Waals surface area contributed by atoms with Crippen molar-refractivity contribution in [1.29, 1.82) is 0 Å². The molecule has 4 aromatic rings. The summed E-state index contributed by atoms with van der Waals surface area (Å²) in [5, 5.41) is 10.4. The minimum atomic E-state index is -0.733. The molecule has 2 aromatic carbocycles. The van der Waals surface area contributed by atoms with Gasteiger partial charge in [0.2, 0.25) is 4.96 Å². The number of carbonyl (C=O) groups excluding carboxylic acids is 2. The van der Waals surface area contributed by atoms with Crippen LogP contribution >= 0.6 is 22.9 Å². The molecule has 0 atom stereocenters. The van der Waals surface area contributed by atoms with E-state index >= 15 is 0 Å². The van der Waals surface area contributed by atoms with Crippen LogP contribution in [0.4, 0.5) is 5.69 Å². The van der Waals surface area contributed by atoms with Crippen LogP contribution in [0.25, 0.3) is 16.3 Å². The number of hydrogen-bond donors (Lipinski definition) is 2. The van der Waals surface area contributed by atoms with Crippen molar-refractivity contribution in [3.8, 4) is 17.1 Å². The maximum absolute atomic E-state index is 12.2. The quantitative estimate of drug-likeness (QED) is 0.403. The number of nitrogens with one attached hydrogen (secondary N) is 2. The van der Waals surface area contributed by atoms with E-state index in [-0.39, 0.29) is 0 Å². The second kappa shape index (κ2) is 9.60. The Balaban J connectivity index is 1.36. The van der Waals surface area contributed by atoms with Crippen LogP contribution in [-0.4, -0.2) is 40.1 Å². The number of benzene rings is 2. The summed E-state index contributed by atoms with van der Waals surface area (Å²) >= 11 is 7.57. The van der Waals surface area contributed by atoms with E-state index < -0.39 is 11.8 Å². The number of halogens is 1. The topological polar surface area (TPSA) is 97.6 Å². The van der Waals surface area contributed by atoms with Crippen molar-refractivity contribution >= 4 is 45.4 Å². The Kier molecular flexibility index (Phi) is 6.62. The molecule has 0 saturated carbocycles. The summed E-state index contributed by atoms with van der Waals surface area (Å²) in [7, 11) is 1.62. The molecule has 8 nitrogen and oxygen atoms in total. The summed E-state index contributed by atoms with van der Waals surface area (Å²) in [5.74, 6) is -0.0198. The zero-order chi connectivity index (χ0) is 23.5. The van der Waals surface area contributed by atoms with Gasteiger partial charge in [-0.1, -0.05) is 29.0 Å². The standard InChI is InChI=1S/C23H22ClN5O3S/c1-13-17(24)5-4-6-18(13)26-22(31)21(30)25-12-11-19-14(2)29-23(33-19)27-20(28-29)15-7-9-16(32-3)10-8-15/h4-10H,11-12H2,1-3H3,(H,25,30)(H,26,31). The lowest BCUT2D eigenvalue weighted by Gasteiger charge is -2.09. The SMILES string of the molecule is COc1ccc(-c2nc3sc(CCNC(=O)C(=O)Nc4cccc(Cl)c4C)c(C)n3n2)cc1. The maximum atomic E-state index is 12.2. The van der Waals surface area contributed by atoms with E-state index in [1.54, 1.807) is 36.7 Å². The number of amides is 2. The third-order valence-electron chi connectivity index (χ3n) is 5.22. The first-order valence-corrected chi connectivity index (χ1v) is 11.4. The molecule has 0 spiro atoms. The smallest absolute Gasteiger partial charge is 0.313 e. The van der Waals surface area contributed by atoms with Crippen molar-refractivity contribution in [1.82, 2.24) is 19.9 Å². The van der Waals surface area contributed by atoms with Crippen LogP contribution in [0.1, 0.15) is 16.1 Å². The highest BCUT2D eigenvalue weighted by atomic mass is 35.5. The second-order valence-corrected chi connectivity index (χ2v) is 8.81. The summed E-state index contributed by atoms with van der Waals surface area (Å²) in [6.07, 6.45) is 0.564. The number of aromatic nitrogens is 3. The van der Waals surface area contributed by atoms with Crippen molar-refractivity contribution < 1.29 is 14.3 Å². The Hall–Kier alpha value is -3.43. The van der Waals surface area contributed by atoms with Crippen LogP contribution in [0.15, 0.2) is 42.5 Å². The molecular weight excluding hydrogens is 462 g/mol. The molecule has 0 aliphatic heterocycles. The van der Waals surface area contributed by atoms with Gasteiger partial charge in [-0.2, -0.15) is 4.98 Å². The van der Waals surface area contributed by atoms with Crippen LogP contribution < -0.4 is 15.4 Å². The Labute approximate surface area is 199 Å². The normalized spacial score (nSPS) is 10.9. The van der Waals surface area contributed by atoms with Gasteiger partial charge < -0.3 is 15.4 Å². The zero-order valence-electron chi connectivity index (χ0n) is 18.3.